The van der Waals surface area contributed by atoms with Gasteiger partial charge in [-0.05, 0) is 18.9 Å². The number of nitrogens with one attached hydrogen (secondary N) is 1. The van der Waals surface area contributed by atoms with Gasteiger partial charge in [-0.15, -0.1) is 0 Å². The third kappa shape index (κ3) is 4.29. The van der Waals surface area contributed by atoms with Crippen LogP contribution in [-0.4, -0.2) is 30.0 Å². The minimum Gasteiger partial charge on any atom is -0.450 e. The molecule has 0 amide bonds. The summed E-state index contributed by atoms with van der Waals surface area (Å²) in [6, 6.07) is 4.07. The highest BCUT2D eigenvalue weighted by molar-refractivity contribution is 6.29. The lowest BCUT2D eigenvalue weighted by atomic mass is 9.93. The summed E-state index contributed by atoms with van der Waals surface area (Å²) in [5.74, 6) is 1.43. The summed E-state index contributed by atoms with van der Waals surface area (Å²) in [5.41, 5.74) is 0.549. The first kappa shape index (κ1) is 15.5. The maximum atomic E-state index is 8.49. The lowest BCUT2D eigenvalue weighted by molar-refractivity contribution is -0.603. The van der Waals surface area contributed by atoms with Gasteiger partial charge in [-0.3, -0.25) is 0 Å². The van der Waals surface area contributed by atoms with Crippen LogP contribution in [0.3, 0.4) is 0 Å². The summed E-state index contributed by atoms with van der Waals surface area (Å²) >= 11 is 5.91. The van der Waals surface area contributed by atoms with Crippen LogP contribution in [0.4, 0.5) is 0 Å². The topological polar surface area (TPSA) is 71.8 Å². The van der Waals surface area contributed by atoms with Crippen molar-refractivity contribution in [2.45, 2.75) is 31.7 Å². The van der Waals surface area contributed by atoms with Crippen molar-refractivity contribution >= 4 is 17.3 Å². The van der Waals surface area contributed by atoms with Crippen molar-refractivity contribution in [3.63, 3.8) is 0 Å². The number of ether oxygens (including phenoxy) is 2. The fourth-order valence-electron chi connectivity index (χ4n) is 2.45. The number of rotatable bonds is 6. The van der Waals surface area contributed by atoms with E-state index in [4.69, 9.17) is 26.5 Å². The molecule has 0 spiro atoms. The summed E-state index contributed by atoms with van der Waals surface area (Å²) in [6.07, 6.45) is 7.77. The molecule has 0 unspecified atom stereocenters. The van der Waals surface area contributed by atoms with Crippen molar-refractivity contribution in [2.24, 2.45) is 5.92 Å². The van der Waals surface area contributed by atoms with Crippen LogP contribution in [0.5, 0.6) is 5.75 Å². The van der Waals surface area contributed by atoms with Gasteiger partial charge >= 0.3 is 0 Å². The highest BCUT2D eigenvalue weighted by Crippen LogP contribution is 2.23. The number of aromatic nitrogens is 1. The van der Waals surface area contributed by atoms with E-state index < -0.39 is 0 Å². The molecule has 5 nitrogen and oxygen atoms in total. The molecule has 1 aromatic rings. The maximum Gasteiger partial charge on any atom is 0.201 e. The number of quaternary nitrogens is 1. The molecule has 3 N–H and O–H groups in total. The Morgan fingerprint density at radius 1 is 1.36 bits per heavy atom. The molecule has 2 heterocycles. The van der Waals surface area contributed by atoms with E-state index in [-0.39, 0.29) is 5.92 Å². The molecule has 0 bridgehead atoms. The molecular formula is C16H21ClN3O2+. The molecule has 6 heteroatoms. The van der Waals surface area contributed by atoms with Crippen LogP contribution >= 0.6 is 11.6 Å². The lowest BCUT2D eigenvalue weighted by Gasteiger charge is -2.23. The van der Waals surface area contributed by atoms with Crippen LogP contribution in [0.1, 0.15) is 25.7 Å². The molecule has 2 fully saturated rings. The van der Waals surface area contributed by atoms with E-state index in [0.29, 0.717) is 41.6 Å². The predicted molar refractivity (Wildman–Crippen MR) is 84.2 cm³/mol. The number of hydrogen-bond acceptors (Lipinski definition) is 4. The number of nitrogens with two attached hydrogens (primary N) is 1. The Morgan fingerprint density at radius 3 is 2.82 bits per heavy atom. The molecule has 0 atom stereocenters. The first-order chi connectivity index (χ1) is 10.7. The Morgan fingerprint density at radius 2 is 2.14 bits per heavy atom. The van der Waals surface area contributed by atoms with Crippen LogP contribution in [0, 0.1) is 11.3 Å². The van der Waals surface area contributed by atoms with Crippen molar-refractivity contribution < 1.29 is 14.8 Å². The van der Waals surface area contributed by atoms with E-state index in [1.165, 1.54) is 12.8 Å². The van der Waals surface area contributed by atoms with Gasteiger partial charge < -0.3 is 20.2 Å². The number of halogens is 1. The van der Waals surface area contributed by atoms with E-state index in [9.17, 15) is 0 Å². The standard InChI is InChI=1S/C16H20ClN3O2/c17-15-9-13(3-6-19-15)22-14(10-20-12-1-2-12)16(18)11-4-7-21-8-5-11/h3,6,9-12,18,20H,1-2,4-5,7-8H2/p+1. The van der Waals surface area contributed by atoms with E-state index in [1.54, 1.807) is 18.3 Å². The van der Waals surface area contributed by atoms with Gasteiger partial charge in [0, 0.05) is 44.2 Å². The fraction of sp³-hybridized carbons (Fsp3) is 0.500. The second-order valence-corrected chi connectivity index (χ2v) is 6.16. The number of pyridine rings is 1. The first-order valence-corrected chi connectivity index (χ1v) is 8.11. The highest BCUT2D eigenvalue weighted by Gasteiger charge is 2.27. The summed E-state index contributed by atoms with van der Waals surface area (Å²) < 4.78 is 11.3. The largest absolute Gasteiger partial charge is 0.450 e. The first-order valence-electron chi connectivity index (χ1n) is 7.73. The van der Waals surface area contributed by atoms with Crippen molar-refractivity contribution in [1.82, 2.24) is 4.98 Å². The van der Waals surface area contributed by atoms with Crippen molar-refractivity contribution in [3.8, 4) is 5.75 Å². The molecule has 0 aromatic carbocycles. The third-order valence-electron chi connectivity index (χ3n) is 3.96. The summed E-state index contributed by atoms with van der Waals surface area (Å²) in [6.45, 7) is 1.43. The van der Waals surface area contributed by atoms with Crippen LogP contribution in [0.2, 0.25) is 5.15 Å². The predicted octanol–water partition coefficient (Wildman–Crippen LogP) is 2.13. The number of allylic oxidation sites excluding steroid dienone is 1. The normalized spacial score (nSPS) is 20.0. The monoisotopic (exact) mass is 322 g/mol. The van der Waals surface area contributed by atoms with Crippen LogP contribution in [-0.2, 0) is 4.74 Å². The summed E-state index contributed by atoms with van der Waals surface area (Å²) in [7, 11) is 0. The Balaban J connectivity index is 1.73. The summed E-state index contributed by atoms with van der Waals surface area (Å²) in [4.78, 5) is 3.95. The fourth-order valence-corrected chi connectivity index (χ4v) is 2.62. The third-order valence-corrected chi connectivity index (χ3v) is 4.17. The molecule has 2 aliphatic rings. The molecule has 1 aliphatic carbocycles. The Hall–Kier alpha value is -1.43. The zero-order valence-corrected chi connectivity index (χ0v) is 13.2. The maximum absolute atomic E-state index is 8.49. The lowest BCUT2D eigenvalue weighted by Crippen LogP contribution is -2.80. The van der Waals surface area contributed by atoms with Gasteiger partial charge in [0.15, 0.2) is 0 Å². The van der Waals surface area contributed by atoms with Crippen molar-refractivity contribution in [2.75, 3.05) is 13.2 Å². The zero-order valence-electron chi connectivity index (χ0n) is 12.4. The minimum absolute atomic E-state index is 0.199. The molecule has 3 rings (SSSR count). The molecule has 1 aliphatic heterocycles. The molecular weight excluding hydrogens is 302 g/mol. The molecule has 1 saturated heterocycles. The molecule has 22 heavy (non-hydrogen) atoms. The summed E-state index contributed by atoms with van der Waals surface area (Å²) in [5, 5.41) is 11.0. The second kappa shape index (κ2) is 7.22. The van der Waals surface area contributed by atoms with E-state index in [0.717, 1.165) is 12.8 Å². The average Bonchev–Trinajstić information content (AvgIpc) is 3.36. The van der Waals surface area contributed by atoms with Crippen LogP contribution < -0.4 is 10.1 Å². The Kier molecular flexibility index (Phi) is 5.08. The Bertz CT molecular complexity index is 566. The zero-order chi connectivity index (χ0) is 15.4. The molecule has 0 radical (unpaired) electrons. The van der Waals surface area contributed by atoms with E-state index in [1.807, 2.05) is 6.20 Å². The van der Waals surface area contributed by atoms with Crippen LogP contribution in [0.15, 0.2) is 30.3 Å². The van der Waals surface area contributed by atoms with Gasteiger partial charge in [0.25, 0.3) is 0 Å². The van der Waals surface area contributed by atoms with Gasteiger partial charge in [0.1, 0.15) is 17.1 Å². The number of nitrogens with zero attached hydrogens (tertiary/aromatic N) is 1. The quantitative estimate of drug-likeness (QED) is 0.479. The van der Waals surface area contributed by atoms with Gasteiger partial charge in [-0.2, -0.15) is 0 Å². The van der Waals surface area contributed by atoms with Gasteiger partial charge in [-0.25, -0.2) is 4.98 Å². The number of hydrogen-bond donors (Lipinski definition) is 2. The molecule has 1 saturated carbocycles. The smallest absolute Gasteiger partial charge is 0.201 e. The van der Waals surface area contributed by atoms with E-state index in [2.05, 4.69) is 10.3 Å². The SMILES string of the molecule is N=C(C(=C[NH2+]C1CC1)Oc1ccnc(Cl)c1)C1CCOCC1. The highest BCUT2D eigenvalue weighted by atomic mass is 35.5. The second-order valence-electron chi connectivity index (χ2n) is 5.78. The van der Waals surface area contributed by atoms with E-state index >= 15 is 0 Å². The van der Waals surface area contributed by atoms with Crippen molar-refractivity contribution in [3.05, 3.63) is 35.4 Å². The van der Waals surface area contributed by atoms with Crippen molar-refractivity contribution in [1.29, 1.82) is 5.41 Å². The Labute approximate surface area is 135 Å². The minimum atomic E-state index is 0.199. The van der Waals surface area contributed by atoms with Gasteiger partial charge in [0.2, 0.25) is 5.76 Å². The molecule has 118 valence electrons. The molecule has 1 aromatic heterocycles. The van der Waals surface area contributed by atoms with Gasteiger partial charge in [0.05, 0.1) is 11.8 Å². The van der Waals surface area contributed by atoms with Crippen LogP contribution in [0.25, 0.3) is 0 Å². The van der Waals surface area contributed by atoms with Gasteiger partial charge in [-0.1, -0.05) is 11.6 Å². The average molecular weight is 323 g/mol.